The minimum Gasteiger partial charge on any atom is -0.385 e. The fourth-order valence-corrected chi connectivity index (χ4v) is 1.95. The standard InChI is InChI=1S/C11H13N3O3S/c1-18(17)6-2-5-13-10-4-3-9(8-12)11(7-10)14(15)16/h3-4,7,13H,2,5-6H2,1H3. The van der Waals surface area contributed by atoms with Crippen LogP contribution in [0.15, 0.2) is 18.2 Å². The highest BCUT2D eigenvalue weighted by Gasteiger charge is 2.13. The molecule has 0 aliphatic rings. The molecule has 0 heterocycles. The molecule has 96 valence electrons. The van der Waals surface area contributed by atoms with Crippen LogP contribution in [0.3, 0.4) is 0 Å². The number of nitro groups is 1. The molecule has 0 aromatic heterocycles. The first-order chi connectivity index (χ1) is 8.54. The minimum atomic E-state index is -0.832. The molecule has 0 aliphatic heterocycles. The summed E-state index contributed by atoms with van der Waals surface area (Å²) in [5, 5.41) is 22.5. The Kier molecular flexibility index (Phi) is 5.27. The largest absolute Gasteiger partial charge is 0.385 e. The van der Waals surface area contributed by atoms with Crippen molar-refractivity contribution >= 4 is 22.2 Å². The first kappa shape index (κ1) is 14.1. The average molecular weight is 267 g/mol. The fourth-order valence-electron chi connectivity index (χ4n) is 1.40. The summed E-state index contributed by atoms with van der Waals surface area (Å²) < 4.78 is 10.8. The van der Waals surface area contributed by atoms with Crippen molar-refractivity contribution in [2.24, 2.45) is 0 Å². The second kappa shape index (κ2) is 6.71. The Hall–Kier alpha value is -1.94. The van der Waals surface area contributed by atoms with Crippen molar-refractivity contribution in [3.05, 3.63) is 33.9 Å². The van der Waals surface area contributed by atoms with Crippen LogP contribution < -0.4 is 5.32 Å². The van der Waals surface area contributed by atoms with Gasteiger partial charge < -0.3 is 5.32 Å². The summed E-state index contributed by atoms with van der Waals surface area (Å²) >= 11 is 0. The summed E-state index contributed by atoms with van der Waals surface area (Å²) in [6, 6.07) is 6.15. The summed E-state index contributed by atoms with van der Waals surface area (Å²) in [4.78, 5) is 10.2. The van der Waals surface area contributed by atoms with E-state index < -0.39 is 15.7 Å². The van der Waals surface area contributed by atoms with Gasteiger partial charge in [0, 0.05) is 41.1 Å². The Morgan fingerprint density at radius 2 is 2.28 bits per heavy atom. The van der Waals surface area contributed by atoms with Gasteiger partial charge >= 0.3 is 0 Å². The van der Waals surface area contributed by atoms with Crippen molar-refractivity contribution < 1.29 is 9.13 Å². The lowest BCUT2D eigenvalue weighted by Gasteiger charge is -2.05. The van der Waals surface area contributed by atoms with Crippen LogP contribution in [0.2, 0.25) is 0 Å². The van der Waals surface area contributed by atoms with E-state index >= 15 is 0 Å². The number of anilines is 1. The lowest BCUT2D eigenvalue weighted by Crippen LogP contribution is -2.06. The van der Waals surface area contributed by atoms with Gasteiger partial charge in [-0.15, -0.1) is 0 Å². The molecule has 0 bridgehead atoms. The Morgan fingerprint density at radius 1 is 1.56 bits per heavy atom. The van der Waals surface area contributed by atoms with E-state index in [4.69, 9.17) is 5.26 Å². The van der Waals surface area contributed by atoms with E-state index in [-0.39, 0.29) is 11.3 Å². The van der Waals surface area contributed by atoms with E-state index in [9.17, 15) is 14.3 Å². The molecule has 1 N–H and O–H groups in total. The molecule has 0 amide bonds. The second-order valence-electron chi connectivity index (χ2n) is 3.66. The summed E-state index contributed by atoms with van der Waals surface area (Å²) in [6.45, 7) is 0.586. The van der Waals surface area contributed by atoms with Gasteiger partial charge in [0.25, 0.3) is 5.69 Å². The van der Waals surface area contributed by atoms with E-state index in [1.54, 1.807) is 18.4 Å². The van der Waals surface area contributed by atoms with Crippen LogP contribution in [0.4, 0.5) is 11.4 Å². The number of rotatable bonds is 6. The maximum absolute atomic E-state index is 10.8. The molecular formula is C11H13N3O3S. The quantitative estimate of drug-likeness (QED) is 0.480. The van der Waals surface area contributed by atoms with Crippen molar-refractivity contribution in [2.75, 3.05) is 23.9 Å². The molecule has 1 atom stereocenters. The van der Waals surface area contributed by atoms with Crippen LogP contribution in [-0.2, 0) is 10.8 Å². The summed E-state index contributed by atoms with van der Waals surface area (Å²) in [6.07, 6.45) is 2.35. The predicted molar refractivity (Wildman–Crippen MR) is 69.9 cm³/mol. The maximum Gasteiger partial charge on any atom is 0.289 e. The zero-order chi connectivity index (χ0) is 13.5. The highest BCUT2D eigenvalue weighted by Crippen LogP contribution is 2.22. The third kappa shape index (κ3) is 4.14. The number of nitro benzene ring substituents is 1. The molecule has 0 spiro atoms. The highest BCUT2D eigenvalue weighted by molar-refractivity contribution is 7.84. The van der Waals surface area contributed by atoms with Crippen molar-refractivity contribution in [1.29, 1.82) is 5.26 Å². The van der Waals surface area contributed by atoms with Crippen LogP contribution in [-0.4, -0.2) is 27.7 Å². The van der Waals surface area contributed by atoms with Gasteiger partial charge in [-0.3, -0.25) is 14.3 Å². The van der Waals surface area contributed by atoms with Gasteiger partial charge in [-0.05, 0) is 18.6 Å². The highest BCUT2D eigenvalue weighted by atomic mass is 32.2. The Balaban J connectivity index is 2.68. The number of hydrogen-bond donors (Lipinski definition) is 1. The molecular weight excluding hydrogens is 254 g/mol. The molecule has 18 heavy (non-hydrogen) atoms. The van der Waals surface area contributed by atoms with E-state index in [1.165, 1.54) is 12.1 Å². The molecule has 1 unspecified atom stereocenters. The van der Waals surface area contributed by atoms with Crippen LogP contribution in [0.1, 0.15) is 12.0 Å². The minimum absolute atomic E-state index is 0.0419. The lowest BCUT2D eigenvalue weighted by molar-refractivity contribution is -0.385. The van der Waals surface area contributed by atoms with Crippen molar-refractivity contribution in [3.8, 4) is 6.07 Å². The number of nitrogens with one attached hydrogen (secondary N) is 1. The molecule has 0 saturated carbocycles. The number of hydrogen-bond acceptors (Lipinski definition) is 5. The molecule has 0 fully saturated rings. The van der Waals surface area contributed by atoms with Gasteiger partial charge in [0.05, 0.1) is 4.92 Å². The fraction of sp³-hybridized carbons (Fsp3) is 0.364. The Labute approximate surface area is 107 Å². The lowest BCUT2D eigenvalue weighted by atomic mass is 10.2. The van der Waals surface area contributed by atoms with E-state index in [1.807, 2.05) is 0 Å². The Bertz CT molecular complexity index is 511. The number of benzene rings is 1. The summed E-state index contributed by atoms with van der Waals surface area (Å²) in [7, 11) is -0.832. The molecule has 1 aromatic rings. The normalized spacial score (nSPS) is 11.6. The van der Waals surface area contributed by atoms with Crippen LogP contribution in [0.5, 0.6) is 0 Å². The van der Waals surface area contributed by atoms with Gasteiger partial charge in [0.1, 0.15) is 11.6 Å². The smallest absolute Gasteiger partial charge is 0.289 e. The number of nitriles is 1. The van der Waals surface area contributed by atoms with Crippen molar-refractivity contribution in [1.82, 2.24) is 0 Å². The predicted octanol–water partition coefficient (Wildman–Crippen LogP) is 1.65. The van der Waals surface area contributed by atoms with Gasteiger partial charge in [-0.25, -0.2) is 0 Å². The maximum atomic E-state index is 10.8. The molecule has 0 aliphatic carbocycles. The molecule has 6 nitrogen and oxygen atoms in total. The van der Waals surface area contributed by atoms with Gasteiger partial charge in [0.15, 0.2) is 0 Å². The second-order valence-corrected chi connectivity index (χ2v) is 5.21. The van der Waals surface area contributed by atoms with E-state index in [2.05, 4.69) is 5.32 Å². The van der Waals surface area contributed by atoms with E-state index in [0.29, 0.717) is 18.0 Å². The monoisotopic (exact) mass is 267 g/mol. The summed E-state index contributed by atoms with van der Waals surface area (Å²) in [5.74, 6) is 0.589. The Morgan fingerprint density at radius 3 is 2.83 bits per heavy atom. The summed E-state index contributed by atoms with van der Waals surface area (Å²) in [5.41, 5.74) is 0.421. The SMILES string of the molecule is CS(=O)CCCNc1ccc(C#N)c([N+](=O)[O-])c1. The first-order valence-electron chi connectivity index (χ1n) is 5.27. The first-order valence-corrected chi connectivity index (χ1v) is 6.99. The third-order valence-electron chi connectivity index (χ3n) is 2.25. The van der Waals surface area contributed by atoms with Gasteiger partial charge in [-0.1, -0.05) is 0 Å². The molecule has 1 rings (SSSR count). The van der Waals surface area contributed by atoms with E-state index in [0.717, 1.165) is 6.42 Å². The van der Waals surface area contributed by atoms with Gasteiger partial charge in [-0.2, -0.15) is 5.26 Å². The molecule has 0 radical (unpaired) electrons. The molecule has 0 saturated heterocycles. The molecule has 1 aromatic carbocycles. The van der Waals surface area contributed by atoms with Crippen molar-refractivity contribution in [3.63, 3.8) is 0 Å². The zero-order valence-corrected chi connectivity index (χ0v) is 10.7. The van der Waals surface area contributed by atoms with Crippen LogP contribution >= 0.6 is 0 Å². The zero-order valence-electron chi connectivity index (χ0n) is 9.88. The topological polar surface area (TPSA) is 96.0 Å². The van der Waals surface area contributed by atoms with Crippen LogP contribution in [0, 0.1) is 21.4 Å². The van der Waals surface area contributed by atoms with Crippen molar-refractivity contribution in [2.45, 2.75) is 6.42 Å². The number of nitrogens with zero attached hydrogens (tertiary/aromatic N) is 2. The van der Waals surface area contributed by atoms with Gasteiger partial charge in [0.2, 0.25) is 0 Å². The third-order valence-corrected chi connectivity index (χ3v) is 3.12. The molecule has 7 heteroatoms. The van der Waals surface area contributed by atoms with Crippen LogP contribution in [0.25, 0.3) is 0 Å². The average Bonchev–Trinajstić information content (AvgIpc) is 2.34.